The average molecular weight is 473 g/mol. The molecule has 0 heterocycles. The molecule has 0 radical (unpaired) electrons. The topological polar surface area (TPSA) is 108 Å². The molecule has 0 aliphatic rings. The van der Waals surface area contributed by atoms with Gasteiger partial charge in [-0.1, -0.05) is 6.92 Å². The van der Waals surface area contributed by atoms with Crippen LogP contribution in [0.1, 0.15) is 13.3 Å². The van der Waals surface area contributed by atoms with Gasteiger partial charge < -0.3 is 24.1 Å². The summed E-state index contributed by atoms with van der Waals surface area (Å²) < 4.78 is 21.2. The Hall–Kier alpha value is -0.620. The fourth-order valence-corrected chi connectivity index (χ4v) is 3.51. The first-order chi connectivity index (χ1) is 13.9. The van der Waals surface area contributed by atoms with Crippen molar-refractivity contribution in [2.24, 2.45) is 5.41 Å². The number of esters is 3. The number of aliphatic hydroxyl groups excluding tert-OH is 1. The van der Waals surface area contributed by atoms with E-state index in [0.717, 1.165) is 5.75 Å². The van der Waals surface area contributed by atoms with Gasteiger partial charge in [-0.25, -0.2) is 0 Å². The first-order valence-corrected chi connectivity index (χ1v) is 12.8. The van der Waals surface area contributed by atoms with Gasteiger partial charge in [0.1, 0.15) is 19.8 Å². The molecule has 0 aromatic heterocycles. The summed E-state index contributed by atoms with van der Waals surface area (Å²) in [6, 6.07) is 0. The van der Waals surface area contributed by atoms with E-state index in [2.05, 4.69) is 0 Å². The third-order valence-corrected chi connectivity index (χ3v) is 5.81. The molecule has 1 atom stereocenters. The maximum Gasteiger partial charge on any atom is 0.315 e. The van der Waals surface area contributed by atoms with Crippen molar-refractivity contribution < 1.29 is 38.4 Å². The smallest absolute Gasteiger partial charge is 0.315 e. The SMILES string of the molecule is CCSCC(=O)OCC(COC)(COC(=O)CSC)COC(=O)CSCCCO. The number of carbonyl (C=O) groups is 3. The first kappa shape index (κ1) is 28.4. The number of hydrogen-bond donors (Lipinski definition) is 1. The van der Waals surface area contributed by atoms with Gasteiger partial charge in [0, 0.05) is 13.7 Å². The summed E-state index contributed by atoms with van der Waals surface area (Å²) in [4.78, 5) is 35.7. The molecule has 0 saturated carbocycles. The molecular weight excluding hydrogens is 440 g/mol. The van der Waals surface area contributed by atoms with Crippen molar-refractivity contribution in [3.05, 3.63) is 0 Å². The monoisotopic (exact) mass is 472 g/mol. The van der Waals surface area contributed by atoms with Gasteiger partial charge in [0.25, 0.3) is 0 Å². The summed E-state index contributed by atoms with van der Waals surface area (Å²) >= 11 is 4.13. The fourth-order valence-electron chi connectivity index (χ4n) is 2.01. The molecule has 1 unspecified atom stereocenters. The van der Waals surface area contributed by atoms with Crippen LogP contribution in [0.3, 0.4) is 0 Å². The number of rotatable bonds is 18. The first-order valence-electron chi connectivity index (χ1n) is 9.14. The van der Waals surface area contributed by atoms with E-state index in [9.17, 15) is 14.4 Å². The number of aliphatic hydroxyl groups is 1. The Balaban J connectivity index is 4.91. The Morgan fingerprint density at radius 3 is 1.83 bits per heavy atom. The highest BCUT2D eigenvalue weighted by atomic mass is 32.2. The summed E-state index contributed by atoms with van der Waals surface area (Å²) in [5.74, 6) is 0.753. The number of hydrogen-bond acceptors (Lipinski definition) is 11. The lowest BCUT2D eigenvalue weighted by Gasteiger charge is -2.31. The van der Waals surface area contributed by atoms with E-state index in [1.165, 1.54) is 42.4 Å². The average Bonchev–Trinajstić information content (AvgIpc) is 2.71. The highest BCUT2D eigenvalue weighted by molar-refractivity contribution is 8.00. The Bertz CT molecular complexity index is 478. The minimum atomic E-state index is -0.985. The molecule has 0 fully saturated rings. The molecule has 0 amide bonds. The van der Waals surface area contributed by atoms with Gasteiger partial charge in [-0.15, -0.1) is 0 Å². The highest BCUT2D eigenvalue weighted by Gasteiger charge is 2.36. The van der Waals surface area contributed by atoms with Crippen molar-refractivity contribution in [2.75, 3.05) is 75.2 Å². The molecule has 0 aliphatic carbocycles. The van der Waals surface area contributed by atoms with Crippen LogP contribution >= 0.6 is 35.3 Å². The molecule has 0 rings (SSSR count). The Labute approximate surface area is 185 Å². The van der Waals surface area contributed by atoms with E-state index >= 15 is 0 Å². The van der Waals surface area contributed by atoms with Gasteiger partial charge in [0.05, 0.1) is 29.3 Å². The lowest BCUT2D eigenvalue weighted by molar-refractivity contribution is -0.163. The van der Waals surface area contributed by atoms with Gasteiger partial charge in [-0.05, 0) is 24.2 Å². The maximum atomic E-state index is 12.0. The zero-order chi connectivity index (χ0) is 22.0. The summed E-state index contributed by atoms with van der Waals surface area (Å²) in [6.45, 7) is 1.79. The summed E-state index contributed by atoms with van der Waals surface area (Å²) in [6.07, 6.45) is 2.38. The third-order valence-electron chi connectivity index (χ3n) is 3.42. The zero-order valence-corrected chi connectivity index (χ0v) is 19.8. The largest absolute Gasteiger partial charge is 0.464 e. The van der Waals surface area contributed by atoms with E-state index in [1.54, 1.807) is 6.26 Å². The summed E-state index contributed by atoms with van der Waals surface area (Å²) in [7, 11) is 1.47. The van der Waals surface area contributed by atoms with E-state index in [-0.39, 0.29) is 50.3 Å². The van der Waals surface area contributed by atoms with E-state index in [1.807, 2.05) is 6.92 Å². The molecule has 0 aromatic rings. The van der Waals surface area contributed by atoms with Crippen molar-refractivity contribution in [1.29, 1.82) is 0 Å². The minimum Gasteiger partial charge on any atom is -0.464 e. The van der Waals surface area contributed by atoms with Crippen LogP contribution in [-0.2, 0) is 33.3 Å². The van der Waals surface area contributed by atoms with Crippen LogP contribution in [0, 0.1) is 5.41 Å². The lowest BCUT2D eigenvalue weighted by atomic mass is 9.92. The molecule has 11 heteroatoms. The molecule has 0 saturated heterocycles. The van der Waals surface area contributed by atoms with Crippen LogP contribution in [0.4, 0.5) is 0 Å². The molecular formula is C18H32O8S3. The van der Waals surface area contributed by atoms with Crippen molar-refractivity contribution in [3.63, 3.8) is 0 Å². The quantitative estimate of drug-likeness (QED) is 0.178. The molecule has 170 valence electrons. The molecule has 0 bridgehead atoms. The van der Waals surface area contributed by atoms with Crippen LogP contribution in [0.15, 0.2) is 0 Å². The second-order valence-corrected chi connectivity index (χ2v) is 9.36. The van der Waals surface area contributed by atoms with Crippen molar-refractivity contribution >= 4 is 53.2 Å². The molecule has 1 N–H and O–H groups in total. The molecule has 0 spiro atoms. The Kier molecular flexibility index (Phi) is 17.8. The lowest BCUT2D eigenvalue weighted by Crippen LogP contribution is -2.43. The van der Waals surface area contributed by atoms with E-state index in [4.69, 9.17) is 24.1 Å². The third kappa shape index (κ3) is 14.9. The van der Waals surface area contributed by atoms with Crippen LogP contribution in [0.2, 0.25) is 0 Å². The van der Waals surface area contributed by atoms with Crippen molar-refractivity contribution in [3.8, 4) is 0 Å². The second kappa shape index (κ2) is 18.2. The normalized spacial score (nSPS) is 12.8. The molecule has 0 aliphatic heterocycles. The van der Waals surface area contributed by atoms with E-state index < -0.39 is 23.3 Å². The summed E-state index contributed by atoms with van der Waals surface area (Å²) in [5, 5.41) is 8.77. The van der Waals surface area contributed by atoms with Gasteiger partial charge in [-0.3, -0.25) is 14.4 Å². The van der Waals surface area contributed by atoms with Crippen molar-refractivity contribution in [1.82, 2.24) is 0 Å². The second-order valence-electron chi connectivity index (χ2n) is 6.11. The van der Waals surface area contributed by atoms with Crippen LogP contribution < -0.4 is 0 Å². The predicted octanol–water partition coefficient (Wildman–Crippen LogP) is 1.48. The number of carbonyl (C=O) groups excluding carboxylic acids is 3. The Morgan fingerprint density at radius 2 is 1.38 bits per heavy atom. The predicted molar refractivity (Wildman–Crippen MR) is 118 cm³/mol. The highest BCUT2D eigenvalue weighted by Crippen LogP contribution is 2.22. The van der Waals surface area contributed by atoms with Gasteiger partial charge >= 0.3 is 17.9 Å². The van der Waals surface area contributed by atoms with Gasteiger partial charge in [0.2, 0.25) is 0 Å². The number of methoxy groups -OCH3 is 1. The molecule has 0 aromatic carbocycles. The van der Waals surface area contributed by atoms with Crippen molar-refractivity contribution in [2.45, 2.75) is 13.3 Å². The summed E-state index contributed by atoms with van der Waals surface area (Å²) in [5.41, 5.74) is -0.985. The standard InChI is InChI=1S/C18H32O8S3/c1-4-28-9-16(21)25-13-18(11-23-2,12-24-15(20)8-27-3)14-26-17(22)10-29-7-5-6-19/h19H,4-14H2,1-3H3. The maximum absolute atomic E-state index is 12.0. The zero-order valence-electron chi connectivity index (χ0n) is 17.3. The van der Waals surface area contributed by atoms with Gasteiger partial charge in [0.15, 0.2) is 0 Å². The molecule has 29 heavy (non-hydrogen) atoms. The number of ether oxygens (including phenoxy) is 4. The van der Waals surface area contributed by atoms with Crippen LogP contribution in [-0.4, -0.2) is 98.2 Å². The fraction of sp³-hybridized carbons (Fsp3) is 0.833. The van der Waals surface area contributed by atoms with Crippen LogP contribution in [0.25, 0.3) is 0 Å². The number of thioether (sulfide) groups is 3. The van der Waals surface area contributed by atoms with E-state index in [0.29, 0.717) is 12.2 Å². The Morgan fingerprint density at radius 1 is 0.862 bits per heavy atom. The molecule has 8 nitrogen and oxygen atoms in total. The van der Waals surface area contributed by atoms with Crippen LogP contribution in [0.5, 0.6) is 0 Å². The minimum absolute atomic E-state index is 0.0715. The van der Waals surface area contributed by atoms with Gasteiger partial charge in [-0.2, -0.15) is 35.3 Å².